The quantitative estimate of drug-likeness (QED) is 0.186. The number of nitro groups is 1. The van der Waals surface area contributed by atoms with Crippen LogP contribution in [0.5, 0.6) is 5.75 Å². The zero-order chi connectivity index (χ0) is 34.7. The zero-order valence-corrected chi connectivity index (χ0v) is 23.2. The van der Waals surface area contributed by atoms with Crippen LogP contribution in [0.4, 0.5) is 61.8 Å². The zero-order valence-electron chi connectivity index (χ0n) is 23.2. The molecular weight excluding hydrogens is 650 g/mol. The molecule has 0 saturated heterocycles. The SMILES string of the molecule is CCC(=O)N(OC(=O)NCC(F)(F)C(F)(F)F)[N+]1(C(=O)Oc2ccc([N+](=O)[O-])cc2)CCC(=O)N(CC(F)(F)F)c2ccccc21. The predicted molar refractivity (Wildman–Crippen MR) is 138 cm³/mol. The Bertz CT molecular complexity index is 1500. The first-order valence-electron chi connectivity index (χ1n) is 12.8. The Morgan fingerprint density at radius 2 is 1.63 bits per heavy atom. The number of hydrogen-bond acceptors (Lipinski definition) is 8. The summed E-state index contributed by atoms with van der Waals surface area (Å²) in [5.74, 6) is -8.53. The summed E-state index contributed by atoms with van der Waals surface area (Å²) >= 11 is 0. The highest BCUT2D eigenvalue weighted by Gasteiger charge is 2.59. The number of nitro benzene ring substituents is 1. The fourth-order valence-corrected chi connectivity index (χ4v) is 4.11. The summed E-state index contributed by atoms with van der Waals surface area (Å²) in [5, 5.41) is 12.0. The summed E-state index contributed by atoms with van der Waals surface area (Å²) in [7, 11) is 0. The van der Waals surface area contributed by atoms with Crippen LogP contribution < -0.4 is 19.5 Å². The monoisotopic (exact) mass is 672 g/mol. The number of para-hydroxylation sites is 2. The van der Waals surface area contributed by atoms with E-state index in [4.69, 9.17) is 9.57 Å². The molecular formula is C25H22F8N5O8+. The maximum absolute atomic E-state index is 14.0. The van der Waals surface area contributed by atoms with Crippen LogP contribution in [0.25, 0.3) is 0 Å². The fraction of sp³-hybridized carbons (Fsp3) is 0.360. The van der Waals surface area contributed by atoms with E-state index < -0.39 is 107 Å². The Balaban J connectivity index is 2.21. The summed E-state index contributed by atoms with van der Waals surface area (Å²) in [6.07, 6.45) is -16.6. The summed E-state index contributed by atoms with van der Waals surface area (Å²) in [6.45, 7) is -4.16. The molecule has 13 nitrogen and oxygen atoms in total. The Kier molecular flexibility index (Phi) is 10.1. The highest BCUT2D eigenvalue weighted by molar-refractivity contribution is 6.02. The number of rotatable bonds is 6. The van der Waals surface area contributed by atoms with Crippen molar-refractivity contribution < 1.29 is 68.8 Å². The number of ether oxygens (including phenoxy) is 1. The van der Waals surface area contributed by atoms with Gasteiger partial charge in [-0.05, 0) is 22.8 Å². The molecule has 0 aromatic heterocycles. The van der Waals surface area contributed by atoms with Gasteiger partial charge in [0.05, 0.1) is 17.9 Å². The number of nitrogens with zero attached hydrogens (tertiary/aromatic N) is 4. The van der Waals surface area contributed by atoms with Crippen molar-refractivity contribution in [1.82, 2.24) is 15.1 Å². The van der Waals surface area contributed by atoms with Crippen LogP contribution >= 0.6 is 0 Å². The number of halogens is 8. The number of benzene rings is 2. The molecule has 0 radical (unpaired) electrons. The van der Waals surface area contributed by atoms with Crippen molar-refractivity contribution in [1.29, 1.82) is 0 Å². The lowest BCUT2D eigenvalue weighted by Crippen LogP contribution is -2.69. The van der Waals surface area contributed by atoms with Gasteiger partial charge in [-0.1, -0.05) is 19.1 Å². The third kappa shape index (κ3) is 7.58. The van der Waals surface area contributed by atoms with Crippen molar-refractivity contribution in [3.8, 4) is 5.75 Å². The summed E-state index contributed by atoms with van der Waals surface area (Å²) in [5.41, 5.74) is -1.76. The van der Waals surface area contributed by atoms with Gasteiger partial charge >= 0.3 is 36.4 Å². The molecule has 1 aliphatic rings. The van der Waals surface area contributed by atoms with E-state index in [1.165, 1.54) is 0 Å². The number of non-ortho nitro benzene ring substituents is 1. The van der Waals surface area contributed by atoms with Crippen LogP contribution in [0.15, 0.2) is 48.5 Å². The standard InChI is InChI=1S/C25H21F8N5O8/c1-2-19(39)36(46-21(41)34-13-23(26,27)25(31,32)33)38(22(42)45-16-9-7-15(8-10-16)37(43)44)12-11-20(40)35(14-24(28,29)30)17-5-3-4-6-18(17)38/h3-10H,2,11-14H2,1H3/p+1. The van der Waals surface area contributed by atoms with Crippen LogP contribution in [0.2, 0.25) is 0 Å². The van der Waals surface area contributed by atoms with Crippen LogP contribution in [0.1, 0.15) is 19.8 Å². The van der Waals surface area contributed by atoms with E-state index in [0.717, 1.165) is 60.8 Å². The molecule has 250 valence electrons. The smallest absolute Gasteiger partial charge is 0.379 e. The molecule has 0 fully saturated rings. The molecule has 2 aromatic carbocycles. The minimum absolute atomic E-state index is 0.127. The van der Waals surface area contributed by atoms with E-state index >= 15 is 0 Å². The summed E-state index contributed by atoms with van der Waals surface area (Å²) < 4.78 is 109. The first-order valence-corrected chi connectivity index (χ1v) is 12.8. The van der Waals surface area contributed by atoms with Gasteiger partial charge in [0.1, 0.15) is 24.5 Å². The number of fused-ring (bicyclic) bond motifs is 1. The highest BCUT2D eigenvalue weighted by atomic mass is 19.4. The topological polar surface area (TPSA) is 148 Å². The molecule has 1 aliphatic heterocycles. The van der Waals surface area contributed by atoms with Gasteiger partial charge in [-0.2, -0.15) is 39.9 Å². The maximum atomic E-state index is 14.0. The first kappa shape index (κ1) is 35.4. The average Bonchev–Trinajstić information content (AvgIpc) is 3.08. The normalized spacial score (nSPS) is 17.0. The van der Waals surface area contributed by atoms with Crippen molar-refractivity contribution in [3.05, 3.63) is 58.6 Å². The van der Waals surface area contributed by atoms with Crippen molar-refractivity contribution in [3.63, 3.8) is 0 Å². The third-order valence-corrected chi connectivity index (χ3v) is 6.28. The van der Waals surface area contributed by atoms with Gasteiger partial charge in [-0.25, -0.2) is 4.79 Å². The number of alkyl halides is 8. The molecule has 46 heavy (non-hydrogen) atoms. The van der Waals surface area contributed by atoms with Crippen LogP contribution in [0, 0.1) is 10.1 Å². The van der Waals surface area contributed by atoms with E-state index in [2.05, 4.69) is 0 Å². The molecule has 0 saturated carbocycles. The van der Waals surface area contributed by atoms with Crippen LogP contribution in [0.3, 0.4) is 0 Å². The second-order valence-corrected chi connectivity index (χ2v) is 9.40. The number of carbonyl (C=O) groups is 4. The molecule has 1 heterocycles. The predicted octanol–water partition coefficient (Wildman–Crippen LogP) is 5.39. The van der Waals surface area contributed by atoms with E-state index in [1.807, 2.05) is 0 Å². The number of hydrogen-bond donors (Lipinski definition) is 1. The fourth-order valence-electron chi connectivity index (χ4n) is 4.11. The van der Waals surface area contributed by atoms with Gasteiger partial charge in [0.25, 0.3) is 5.69 Å². The average molecular weight is 672 g/mol. The number of anilines is 1. The molecule has 2 aromatic rings. The van der Waals surface area contributed by atoms with Gasteiger partial charge in [0, 0.05) is 29.8 Å². The van der Waals surface area contributed by atoms with Crippen molar-refractivity contribution >= 4 is 41.1 Å². The molecule has 0 spiro atoms. The van der Waals surface area contributed by atoms with E-state index in [9.17, 15) is 64.4 Å². The third-order valence-electron chi connectivity index (χ3n) is 6.28. The van der Waals surface area contributed by atoms with Gasteiger partial charge in [0.2, 0.25) is 5.91 Å². The summed E-state index contributed by atoms with van der Waals surface area (Å²) in [4.78, 5) is 68.0. The van der Waals surface area contributed by atoms with Crippen molar-refractivity contribution in [2.75, 3.05) is 24.5 Å². The molecule has 0 bridgehead atoms. The van der Waals surface area contributed by atoms with E-state index in [1.54, 1.807) is 0 Å². The van der Waals surface area contributed by atoms with Gasteiger partial charge < -0.3 is 10.1 Å². The number of amides is 4. The number of quaternary nitrogens is 1. The lowest BCUT2D eigenvalue weighted by Gasteiger charge is -2.38. The second-order valence-electron chi connectivity index (χ2n) is 9.40. The van der Waals surface area contributed by atoms with Gasteiger partial charge in [-0.15, -0.1) is 0 Å². The van der Waals surface area contributed by atoms with E-state index in [-0.39, 0.29) is 10.1 Å². The second kappa shape index (κ2) is 13.1. The molecule has 1 unspecified atom stereocenters. The lowest BCUT2D eigenvalue weighted by molar-refractivity contribution is -0.384. The lowest BCUT2D eigenvalue weighted by atomic mass is 10.2. The molecule has 21 heteroatoms. The Morgan fingerprint density at radius 1 is 1.02 bits per heavy atom. The van der Waals surface area contributed by atoms with Crippen LogP contribution in [-0.2, 0) is 14.4 Å². The molecule has 1 atom stereocenters. The first-order chi connectivity index (χ1) is 21.2. The number of carbonyl (C=O) groups excluding carboxylic acids is 4. The van der Waals surface area contributed by atoms with Crippen LogP contribution in [-0.4, -0.2) is 72.0 Å². The Hall–Kier alpha value is -5.08. The Morgan fingerprint density at radius 3 is 2.17 bits per heavy atom. The van der Waals surface area contributed by atoms with Crippen molar-refractivity contribution in [2.45, 2.75) is 38.0 Å². The molecule has 3 rings (SSSR count). The Labute approximate surface area is 252 Å². The number of nitrogens with one attached hydrogen (secondary N) is 1. The molecule has 0 aliphatic carbocycles. The van der Waals surface area contributed by atoms with Gasteiger partial charge in [0.15, 0.2) is 5.69 Å². The minimum atomic E-state index is -6.12. The number of hydroxylamine groups is 1. The molecule has 1 N–H and O–H groups in total. The highest BCUT2D eigenvalue weighted by Crippen LogP contribution is 2.42. The van der Waals surface area contributed by atoms with Gasteiger partial charge in [-0.3, -0.25) is 29.4 Å². The maximum Gasteiger partial charge on any atom is 0.555 e. The van der Waals surface area contributed by atoms with E-state index in [0.29, 0.717) is 0 Å². The molecule has 4 amide bonds. The minimum Gasteiger partial charge on any atom is -0.379 e. The van der Waals surface area contributed by atoms with Crippen molar-refractivity contribution in [2.24, 2.45) is 0 Å². The summed E-state index contributed by atoms with van der Waals surface area (Å²) in [6, 6.07) is 7.78. The largest absolute Gasteiger partial charge is 0.555 e.